The van der Waals surface area contributed by atoms with Crippen LogP contribution in [-0.4, -0.2) is 19.7 Å². The molecule has 0 saturated carbocycles. The Kier molecular flexibility index (Phi) is 4.65. The van der Waals surface area contributed by atoms with E-state index in [1.807, 2.05) is 24.3 Å². The van der Waals surface area contributed by atoms with Crippen LogP contribution in [0.1, 0.15) is 23.2 Å². The number of benzene rings is 1. The molecule has 0 saturated heterocycles. The maximum atomic E-state index is 11.5. The summed E-state index contributed by atoms with van der Waals surface area (Å²) in [6.07, 6.45) is 0. The summed E-state index contributed by atoms with van der Waals surface area (Å²) in [5, 5.41) is 3.20. The first-order chi connectivity index (χ1) is 9.72. The monoisotopic (exact) mass is 275 g/mol. The molecule has 20 heavy (non-hydrogen) atoms. The Morgan fingerprint density at radius 3 is 2.60 bits per heavy atom. The maximum Gasteiger partial charge on any atom is 0.374 e. The SMILES string of the molecule is CCOC(=O)c1ccc(CNc2ccc(OC)cc2)o1. The summed E-state index contributed by atoms with van der Waals surface area (Å²) in [5.41, 5.74) is 0.944. The molecule has 0 fully saturated rings. The van der Waals surface area contributed by atoms with Crippen LogP contribution >= 0.6 is 0 Å². The quantitative estimate of drug-likeness (QED) is 0.821. The molecule has 1 N–H and O–H groups in total. The van der Waals surface area contributed by atoms with E-state index in [4.69, 9.17) is 13.9 Å². The van der Waals surface area contributed by atoms with Crippen LogP contribution in [-0.2, 0) is 11.3 Å². The molecule has 0 aliphatic heterocycles. The van der Waals surface area contributed by atoms with Gasteiger partial charge in [0.2, 0.25) is 5.76 Å². The number of rotatable bonds is 6. The fourth-order valence-electron chi connectivity index (χ4n) is 1.68. The maximum absolute atomic E-state index is 11.5. The number of carbonyl (C=O) groups is 1. The van der Waals surface area contributed by atoms with E-state index in [0.717, 1.165) is 11.4 Å². The van der Waals surface area contributed by atoms with Gasteiger partial charge < -0.3 is 19.2 Å². The number of ether oxygens (including phenoxy) is 2. The van der Waals surface area contributed by atoms with Gasteiger partial charge in [0, 0.05) is 5.69 Å². The van der Waals surface area contributed by atoms with Crippen molar-refractivity contribution in [3.8, 4) is 5.75 Å². The highest BCUT2D eigenvalue weighted by molar-refractivity contribution is 5.86. The molecule has 0 aliphatic rings. The first-order valence-corrected chi connectivity index (χ1v) is 6.36. The minimum atomic E-state index is -0.441. The van der Waals surface area contributed by atoms with Gasteiger partial charge in [-0.05, 0) is 43.3 Å². The topological polar surface area (TPSA) is 60.7 Å². The molecule has 106 valence electrons. The molecule has 5 nitrogen and oxygen atoms in total. The normalized spacial score (nSPS) is 10.1. The fourth-order valence-corrected chi connectivity index (χ4v) is 1.68. The first kappa shape index (κ1) is 14.0. The highest BCUT2D eigenvalue weighted by atomic mass is 16.5. The lowest BCUT2D eigenvalue weighted by atomic mass is 10.3. The van der Waals surface area contributed by atoms with Gasteiger partial charge >= 0.3 is 5.97 Å². The Labute approximate surface area is 117 Å². The van der Waals surface area contributed by atoms with Gasteiger partial charge in [-0.1, -0.05) is 0 Å². The van der Waals surface area contributed by atoms with Gasteiger partial charge in [0.1, 0.15) is 11.5 Å². The first-order valence-electron chi connectivity index (χ1n) is 6.36. The van der Waals surface area contributed by atoms with E-state index in [9.17, 15) is 4.79 Å². The highest BCUT2D eigenvalue weighted by Crippen LogP contribution is 2.16. The van der Waals surface area contributed by atoms with Crippen molar-refractivity contribution in [2.75, 3.05) is 19.0 Å². The number of hydrogen-bond acceptors (Lipinski definition) is 5. The zero-order valence-corrected chi connectivity index (χ0v) is 11.5. The summed E-state index contributed by atoms with van der Waals surface area (Å²) >= 11 is 0. The van der Waals surface area contributed by atoms with E-state index in [-0.39, 0.29) is 5.76 Å². The summed E-state index contributed by atoms with van der Waals surface area (Å²) < 4.78 is 15.4. The number of nitrogens with one attached hydrogen (secondary N) is 1. The summed E-state index contributed by atoms with van der Waals surface area (Å²) in [6.45, 7) is 2.58. The molecule has 2 rings (SSSR count). The zero-order valence-electron chi connectivity index (χ0n) is 11.5. The number of anilines is 1. The van der Waals surface area contributed by atoms with Gasteiger partial charge in [-0.15, -0.1) is 0 Å². The average molecular weight is 275 g/mol. The third-order valence-electron chi connectivity index (χ3n) is 2.70. The summed E-state index contributed by atoms with van der Waals surface area (Å²) in [7, 11) is 1.63. The van der Waals surface area contributed by atoms with E-state index in [2.05, 4.69) is 5.32 Å². The highest BCUT2D eigenvalue weighted by Gasteiger charge is 2.11. The Morgan fingerprint density at radius 1 is 1.20 bits per heavy atom. The molecule has 2 aromatic rings. The molecule has 0 aliphatic carbocycles. The molecular formula is C15H17NO4. The van der Waals surface area contributed by atoms with E-state index < -0.39 is 5.97 Å². The van der Waals surface area contributed by atoms with E-state index >= 15 is 0 Å². The number of carbonyl (C=O) groups excluding carboxylic acids is 1. The van der Waals surface area contributed by atoms with Crippen LogP contribution in [0, 0.1) is 0 Å². The van der Waals surface area contributed by atoms with Gasteiger partial charge in [-0.3, -0.25) is 0 Å². The Hall–Kier alpha value is -2.43. The second-order valence-corrected chi connectivity index (χ2v) is 4.07. The van der Waals surface area contributed by atoms with E-state index in [0.29, 0.717) is 18.9 Å². The third kappa shape index (κ3) is 3.54. The van der Waals surface area contributed by atoms with Crippen LogP contribution in [0.4, 0.5) is 5.69 Å². The lowest BCUT2D eigenvalue weighted by Gasteiger charge is -2.05. The van der Waals surface area contributed by atoms with Crippen molar-refractivity contribution in [1.82, 2.24) is 0 Å². The molecule has 0 amide bonds. The summed E-state index contributed by atoms with van der Waals surface area (Å²) in [5.74, 6) is 1.25. The lowest BCUT2D eigenvalue weighted by Crippen LogP contribution is -2.03. The van der Waals surface area contributed by atoms with Crippen LogP contribution in [0.2, 0.25) is 0 Å². The molecule has 0 spiro atoms. The Morgan fingerprint density at radius 2 is 1.95 bits per heavy atom. The summed E-state index contributed by atoms with van der Waals surface area (Å²) in [6, 6.07) is 10.9. The molecular weight excluding hydrogens is 258 g/mol. The zero-order chi connectivity index (χ0) is 14.4. The number of hydrogen-bond donors (Lipinski definition) is 1. The van der Waals surface area contributed by atoms with Crippen LogP contribution < -0.4 is 10.1 Å². The third-order valence-corrected chi connectivity index (χ3v) is 2.70. The minimum Gasteiger partial charge on any atom is -0.497 e. The second-order valence-electron chi connectivity index (χ2n) is 4.07. The smallest absolute Gasteiger partial charge is 0.374 e. The van der Waals surface area contributed by atoms with E-state index in [1.165, 1.54) is 0 Å². The fraction of sp³-hybridized carbons (Fsp3) is 0.267. The molecule has 0 bridgehead atoms. The van der Waals surface area contributed by atoms with Crippen molar-refractivity contribution in [2.45, 2.75) is 13.5 Å². The van der Waals surface area contributed by atoms with E-state index in [1.54, 1.807) is 26.2 Å². The number of esters is 1. The van der Waals surface area contributed by atoms with Crippen LogP contribution in [0.5, 0.6) is 5.75 Å². The van der Waals surface area contributed by atoms with Gasteiger partial charge in [-0.25, -0.2) is 4.79 Å². The lowest BCUT2D eigenvalue weighted by molar-refractivity contribution is 0.0488. The molecule has 1 heterocycles. The van der Waals surface area contributed by atoms with Crippen LogP contribution in [0.3, 0.4) is 0 Å². The second kappa shape index (κ2) is 6.65. The van der Waals surface area contributed by atoms with Crippen LogP contribution in [0.15, 0.2) is 40.8 Å². The van der Waals surface area contributed by atoms with Crippen molar-refractivity contribution < 1.29 is 18.7 Å². The molecule has 1 aromatic carbocycles. The molecule has 0 unspecified atom stereocenters. The Balaban J connectivity index is 1.91. The van der Waals surface area contributed by atoms with Crippen molar-refractivity contribution in [2.24, 2.45) is 0 Å². The number of methoxy groups -OCH3 is 1. The van der Waals surface area contributed by atoms with Gasteiger partial charge in [0.25, 0.3) is 0 Å². The largest absolute Gasteiger partial charge is 0.497 e. The minimum absolute atomic E-state index is 0.221. The molecule has 0 atom stereocenters. The number of furan rings is 1. The Bertz CT molecular complexity index is 560. The molecule has 1 aromatic heterocycles. The van der Waals surface area contributed by atoms with Crippen molar-refractivity contribution >= 4 is 11.7 Å². The van der Waals surface area contributed by atoms with Gasteiger partial charge in [0.15, 0.2) is 0 Å². The van der Waals surface area contributed by atoms with Crippen LogP contribution in [0.25, 0.3) is 0 Å². The predicted octanol–water partition coefficient (Wildman–Crippen LogP) is 3.08. The summed E-state index contributed by atoms with van der Waals surface area (Å²) in [4.78, 5) is 11.5. The van der Waals surface area contributed by atoms with Gasteiger partial charge in [-0.2, -0.15) is 0 Å². The standard InChI is InChI=1S/C15H17NO4/c1-3-19-15(17)14-9-8-13(20-14)10-16-11-4-6-12(18-2)7-5-11/h4-9,16H,3,10H2,1-2H3. The van der Waals surface area contributed by atoms with Crippen molar-refractivity contribution in [1.29, 1.82) is 0 Å². The van der Waals surface area contributed by atoms with Gasteiger partial charge in [0.05, 0.1) is 20.3 Å². The molecule has 0 radical (unpaired) electrons. The van der Waals surface area contributed by atoms with Crippen molar-refractivity contribution in [3.63, 3.8) is 0 Å². The predicted molar refractivity (Wildman–Crippen MR) is 75.0 cm³/mol. The molecule has 5 heteroatoms. The van der Waals surface area contributed by atoms with Crippen molar-refractivity contribution in [3.05, 3.63) is 47.9 Å². The average Bonchev–Trinajstić information content (AvgIpc) is 2.95.